The smallest absolute Gasteiger partial charge is 0.270 e. The highest BCUT2D eigenvalue weighted by atomic mass is 35.5. The number of ether oxygens (including phenoxy) is 1. The minimum atomic E-state index is -0.291. The predicted octanol–water partition coefficient (Wildman–Crippen LogP) is 1.64. The molecular weight excluding hydrogens is 228 g/mol. The van der Waals surface area contributed by atoms with E-state index in [9.17, 15) is 4.79 Å². The average molecular weight is 241 g/mol. The van der Waals surface area contributed by atoms with Crippen molar-refractivity contribution < 1.29 is 9.53 Å². The van der Waals surface area contributed by atoms with Crippen molar-refractivity contribution in [1.82, 2.24) is 10.3 Å². The first kappa shape index (κ1) is 11.4. The molecule has 2 rings (SSSR count). The Morgan fingerprint density at radius 1 is 1.69 bits per heavy atom. The Labute approximate surface area is 99.0 Å². The predicted molar refractivity (Wildman–Crippen MR) is 60.6 cm³/mol. The van der Waals surface area contributed by atoms with Crippen molar-refractivity contribution in [2.75, 3.05) is 13.2 Å². The van der Waals surface area contributed by atoms with E-state index >= 15 is 0 Å². The van der Waals surface area contributed by atoms with Crippen LogP contribution in [0.3, 0.4) is 0 Å². The van der Waals surface area contributed by atoms with E-state index < -0.39 is 0 Å². The summed E-state index contributed by atoms with van der Waals surface area (Å²) in [5.41, 5.74) is 0.0433. The number of hydrogen-bond acceptors (Lipinski definition) is 3. The van der Waals surface area contributed by atoms with Crippen molar-refractivity contribution in [2.24, 2.45) is 0 Å². The summed E-state index contributed by atoms with van der Waals surface area (Å²) in [5, 5.41) is 3.42. The molecule has 0 aromatic carbocycles. The topological polar surface area (TPSA) is 51.2 Å². The summed E-state index contributed by atoms with van der Waals surface area (Å²) in [6, 6.07) is 3.19. The minimum Gasteiger partial charge on any atom is -0.379 e. The van der Waals surface area contributed by atoms with Crippen LogP contribution in [0.5, 0.6) is 0 Å². The number of hydrogen-bond donors (Lipinski definition) is 1. The van der Waals surface area contributed by atoms with Crippen molar-refractivity contribution >= 4 is 17.5 Å². The van der Waals surface area contributed by atoms with Crippen LogP contribution in [0.2, 0.25) is 5.02 Å². The molecule has 1 atom stereocenters. The van der Waals surface area contributed by atoms with Gasteiger partial charge in [0.15, 0.2) is 0 Å². The van der Waals surface area contributed by atoms with Gasteiger partial charge in [-0.15, -0.1) is 0 Å². The third-order valence-corrected chi connectivity index (χ3v) is 2.82. The second-order valence-electron chi connectivity index (χ2n) is 4.18. The Kier molecular flexibility index (Phi) is 3.12. The Hall–Kier alpha value is -1.13. The van der Waals surface area contributed by atoms with E-state index in [2.05, 4.69) is 10.3 Å². The molecule has 2 heterocycles. The summed E-state index contributed by atoms with van der Waals surface area (Å²) in [4.78, 5) is 15.8. The molecule has 1 saturated heterocycles. The van der Waals surface area contributed by atoms with Gasteiger partial charge in [0, 0.05) is 17.8 Å². The molecule has 1 N–H and O–H groups in total. The molecule has 16 heavy (non-hydrogen) atoms. The molecule has 1 fully saturated rings. The number of pyridine rings is 1. The van der Waals surface area contributed by atoms with Gasteiger partial charge in [0.1, 0.15) is 5.69 Å². The number of halogens is 1. The number of rotatable bonds is 2. The van der Waals surface area contributed by atoms with E-state index in [1.165, 1.54) is 6.20 Å². The zero-order valence-electron chi connectivity index (χ0n) is 9.00. The fourth-order valence-electron chi connectivity index (χ4n) is 1.63. The molecule has 86 valence electrons. The lowest BCUT2D eigenvalue weighted by atomic mass is 10.0. The number of nitrogens with one attached hydrogen (secondary N) is 1. The van der Waals surface area contributed by atoms with Gasteiger partial charge >= 0.3 is 0 Å². The summed E-state index contributed by atoms with van der Waals surface area (Å²) >= 11 is 5.80. The summed E-state index contributed by atoms with van der Waals surface area (Å²) < 4.78 is 5.26. The summed E-state index contributed by atoms with van der Waals surface area (Å²) in [5.74, 6) is -0.212. The lowest BCUT2D eigenvalue weighted by Crippen LogP contribution is -2.46. The van der Waals surface area contributed by atoms with E-state index in [1.54, 1.807) is 12.1 Å². The van der Waals surface area contributed by atoms with Gasteiger partial charge in [0.05, 0.1) is 12.1 Å². The lowest BCUT2D eigenvalue weighted by Gasteiger charge is -2.23. The molecule has 0 saturated carbocycles. The Balaban J connectivity index is 2.08. The maximum absolute atomic E-state index is 11.9. The highest BCUT2D eigenvalue weighted by Gasteiger charge is 2.31. The van der Waals surface area contributed by atoms with Crippen LogP contribution in [0.25, 0.3) is 0 Å². The standard InChI is InChI=1S/C11H13ClN2O2/c1-11(3-5-16-7-11)14-10(15)9-6-8(12)2-4-13-9/h2,4,6H,3,5,7H2,1H3,(H,14,15). The molecule has 4 nitrogen and oxygen atoms in total. The molecule has 1 amide bonds. The number of aromatic nitrogens is 1. The first-order valence-corrected chi connectivity index (χ1v) is 5.49. The normalized spacial score (nSPS) is 24.4. The van der Waals surface area contributed by atoms with E-state index in [0.29, 0.717) is 23.9 Å². The molecule has 1 aromatic rings. The molecule has 1 aromatic heterocycles. The highest BCUT2D eigenvalue weighted by molar-refractivity contribution is 6.30. The van der Waals surface area contributed by atoms with E-state index in [-0.39, 0.29) is 11.4 Å². The largest absolute Gasteiger partial charge is 0.379 e. The van der Waals surface area contributed by atoms with E-state index in [1.807, 2.05) is 6.92 Å². The number of amides is 1. The zero-order valence-corrected chi connectivity index (χ0v) is 9.75. The third-order valence-electron chi connectivity index (χ3n) is 2.59. The minimum absolute atomic E-state index is 0.212. The molecule has 0 radical (unpaired) electrons. The van der Waals surface area contributed by atoms with Crippen LogP contribution in [0.15, 0.2) is 18.3 Å². The Morgan fingerprint density at radius 2 is 2.50 bits per heavy atom. The zero-order chi connectivity index (χ0) is 11.6. The summed E-state index contributed by atoms with van der Waals surface area (Å²) in [6.45, 7) is 3.18. The fraction of sp³-hybridized carbons (Fsp3) is 0.455. The summed E-state index contributed by atoms with van der Waals surface area (Å²) in [6.07, 6.45) is 2.34. The van der Waals surface area contributed by atoms with Crippen LogP contribution >= 0.6 is 11.6 Å². The first-order chi connectivity index (χ1) is 7.59. The lowest BCUT2D eigenvalue weighted by molar-refractivity contribution is 0.0885. The van der Waals surface area contributed by atoms with Crippen LogP contribution in [0.4, 0.5) is 0 Å². The van der Waals surface area contributed by atoms with Crippen molar-refractivity contribution in [3.8, 4) is 0 Å². The van der Waals surface area contributed by atoms with Crippen molar-refractivity contribution in [2.45, 2.75) is 18.9 Å². The van der Waals surface area contributed by atoms with Gasteiger partial charge in [-0.3, -0.25) is 9.78 Å². The Morgan fingerprint density at radius 3 is 3.12 bits per heavy atom. The van der Waals surface area contributed by atoms with Gasteiger partial charge in [0.25, 0.3) is 5.91 Å². The van der Waals surface area contributed by atoms with Gasteiger partial charge in [0.2, 0.25) is 0 Å². The summed E-state index contributed by atoms with van der Waals surface area (Å²) in [7, 11) is 0. The van der Waals surface area contributed by atoms with Crippen molar-refractivity contribution in [3.63, 3.8) is 0 Å². The molecular formula is C11H13ClN2O2. The second-order valence-corrected chi connectivity index (χ2v) is 4.61. The molecule has 0 bridgehead atoms. The fourth-order valence-corrected chi connectivity index (χ4v) is 1.79. The molecule has 0 aliphatic carbocycles. The van der Waals surface area contributed by atoms with E-state index in [4.69, 9.17) is 16.3 Å². The van der Waals surface area contributed by atoms with Gasteiger partial charge in [-0.05, 0) is 25.5 Å². The monoisotopic (exact) mass is 240 g/mol. The third kappa shape index (κ3) is 2.51. The van der Waals surface area contributed by atoms with Gasteiger partial charge in [-0.2, -0.15) is 0 Å². The Bertz CT molecular complexity index is 403. The number of carbonyl (C=O) groups excluding carboxylic acids is 1. The van der Waals surface area contributed by atoms with Crippen LogP contribution in [0.1, 0.15) is 23.8 Å². The number of nitrogens with zero attached hydrogens (tertiary/aromatic N) is 1. The maximum atomic E-state index is 11.9. The average Bonchev–Trinajstić information content (AvgIpc) is 2.65. The van der Waals surface area contributed by atoms with Crippen LogP contribution in [-0.4, -0.2) is 29.6 Å². The molecule has 0 spiro atoms. The highest BCUT2D eigenvalue weighted by Crippen LogP contribution is 2.18. The molecule has 1 unspecified atom stereocenters. The van der Waals surface area contributed by atoms with E-state index in [0.717, 1.165) is 6.42 Å². The molecule has 1 aliphatic rings. The van der Waals surface area contributed by atoms with Crippen LogP contribution in [0, 0.1) is 0 Å². The van der Waals surface area contributed by atoms with Crippen molar-refractivity contribution in [1.29, 1.82) is 0 Å². The first-order valence-electron chi connectivity index (χ1n) is 5.11. The SMILES string of the molecule is CC1(NC(=O)c2cc(Cl)ccn2)CCOC1. The van der Waals surface area contributed by atoms with Gasteiger partial charge in [-0.25, -0.2) is 0 Å². The quantitative estimate of drug-likeness (QED) is 0.855. The van der Waals surface area contributed by atoms with Crippen LogP contribution < -0.4 is 5.32 Å². The molecule has 1 aliphatic heterocycles. The van der Waals surface area contributed by atoms with Crippen LogP contribution in [-0.2, 0) is 4.74 Å². The second kappa shape index (κ2) is 4.39. The maximum Gasteiger partial charge on any atom is 0.270 e. The number of carbonyl (C=O) groups is 1. The molecule has 5 heteroatoms. The van der Waals surface area contributed by atoms with Gasteiger partial charge < -0.3 is 10.1 Å². The van der Waals surface area contributed by atoms with Gasteiger partial charge in [-0.1, -0.05) is 11.6 Å². The van der Waals surface area contributed by atoms with Crippen molar-refractivity contribution in [3.05, 3.63) is 29.0 Å².